The molecule has 0 fully saturated rings. The van der Waals surface area contributed by atoms with Crippen LogP contribution in [-0.2, 0) is 22.4 Å². The average molecular weight is 312 g/mol. The first-order chi connectivity index (χ1) is 10.0. The summed E-state index contributed by atoms with van der Waals surface area (Å²) in [6.07, 6.45) is 1.79. The van der Waals surface area contributed by atoms with Crippen LogP contribution in [0.3, 0.4) is 0 Å². The first-order valence-electron chi connectivity index (χ1n) is 7.23. The molecule has 1 unspecified atom stereocenters. The van der Waals surface area contributed by atoms with Crippen molar-refractivity contribution < 1.29 is 14.7 Å². The molecule has 0 radical (unpaired) electrons. The highest BCUT2D eigenvalue weighted by Gasteiger charge is 2.31. The maximum absolute atomic E-state index is 12.3. The van der Waals surface area contributed by atoms with Crippen LogP contribution in [0.25, 0.3) is 0 Å². The van der Waals surface area contributed by atoms with Crippen LogP contribution < -0.4 is 4.90 Å². The third kappa shape index (κ3) is 3.76. The fourth-order valence-electron chi connectivity index (χ4n) is 2.51. The van der Waals surface area contributed by atoms with Gasteiger partial charge >= 0.3 is 5.97 Å². The molecule has 5 heteroatoms. The average Bonchev–Trinajstić information content (AvgIpc) is 2.50. The quantitative estimate of drug-likeness (QED) is 0.786. The highest BCUT2D eigenvalue weighted by Crippen LogP contribution is 2.30. The number of aliphatic carboxylic acids is 1. The second kappa shape index (κ2) is 8.03. The van der Waals surface area contributed by atoms with E-state index in [0.29, 0.717) is 12.1 Å². The molecular formula is C16H22ClNO3. The van der Waals surface area contributed by atoms with Crippen molar-refractivity contribution in [2.45, 2.75) is 46.1 Å². The molecule has 1 atom stereocenters. The van der Waals surface area contributed by atoms with Crippen LogP contribution in [0.15, 0.2) is 18.2 Å². The van der Waals surface area contributed by atoms with Gasteiger partial charge in [0.25, 0.3) is 0 Å². The molecule has 1 aromatic rings. The molecule has 0 heterocycles. The van der Waals surface area contributed by atoms with Crippen LogP contribution in [0.5, 0.6) is 0 Å². The van der Waals surface area contributed by atoms with Crippen molar-refractivity contribution in [2.24, 2.45) is 0 Å². The monoisotopic (exact) mass is 311 g/mol. The van der Waals surface area contributed by atoms with Crippen LogP contribution in [-0.4, -0.2) is 28.9 Å². The van der Waals surface area contributed by atoms with E-state index >= 15 is 0 Å². The Morgan fingerprint density at radius 2 is 1.71 bits per heavy atom. The lowest BCUT2D eigenvalue weighted by atomic mass is 9.99. The maximum atomic E-state index is 12.3. The Kier molecular flexibility index (Phi) is 6.69. The zero-order valence-electron chi connectivity index (χ0n) is 12.7. The van der Waals surface area contributed by atoms with E-state index < -0.39 is 12.0 Å². The van der Waals surface area contributed by atoms with Crippen molar-refractivity contribution in [2.75, 3.05) is 10.8 Å². The van der Waals surface area contributed by atoms with Crippen LogP contribution in [0, 0.1) is 0 Å². The van der Waals surface area contributed by atoms with Crippen LogP contribution in [0.1, 0.15) is 38.3 Å². The number of hydrogen-bond acceptors (Lipinski definition) is 2. The summed E-state index contributed by atoms with van der Waals surface area (Å²) in [4.78, 5) is 25.2. The van der Waals surface area contributed by atoms with Crippen LogP contribution in [0.4, 0.5) is 5.69 Å². The van der Waals surface area contributed by atoms with Gasteiger partial charge in [0, 0.05) is 0 Å². The lowest BCUT2D eigenvalue weighted by Gasteiger charge is -2.31. The van der Waals surface area contributed by atoms with Crippen LogP contribution in [0.2, 0.25) is 0 Å². The van der Waals surface area contributed by atoms with Crippen molar-refractivity contribution in [1.29, 1.82) is 0 Å². The standard InChI is InChI=1S/C16H22ClNO3/c1-4-11-8-7-9-12(5-2)15(11)18(14(19)10-17)13(6-3)16(20)21/h7-9,13H,4-6,10H2,1-3H3,(H,20,21). The number of hydrogen-bond donors (Lipinski definition) is 1. The number of aryl methyl sites for hydroxylation is 2. The number of nitrogens with zero attached hydrogens (tertiary/aromatic N) is 1. The van der Waals surface area contributed by atoms with E-state index in [9.17, 15) is 14.7 Å². The minimum Gasteiger partial charge on any atom is -0.480 e. The van der Waals surface area contributed by atoms with E-state index in [2.05, 4.69) is 0 Å². The Bertz CT molecular complexity index is 494. The third-order valence-corrected chi connectivity index (χ3v) is 3.80. The third-order valence-electron chi connectivity index (χ3n) is 3.57. The Balaban J connectivity index is 3.52. The van der Waals surface area contributed by atoms with Gasteiger partial charge in [-0.05, 0) is 30.4 Å². The maximum Gasteiger partial charge on any atom is 0.326 e. The van der Waals surface area contributed by atoms with Crippen molar-refractivity contribution in [3.63, 3.8) is 0 Å². The summed E-state index contributed by atoms with van der Waals surface area (Å²) in [5, 5.41) is 9.44. The normalized spacial score (nSPS) is 12.0. The number of carbonyl (C=O) groups is 2. The number of carboxylic acid groups (broad SMARTS) is 1. The highest BCUT2D eigenvalue weighted by molar-refractivity contribution is 6.30. The second-order valence-electron chi connectivity index (χ2n) is 4.79. The largest absolute Gasteiger partial charge is 0.480 e. The molecule has 1 N–H and O–H groups in total. The number of benzene rings is 1. The van der Waals surface area contributed by atoms with Crippen LogP contribution >= 0.6 is 11.6 Å². The summed E-state index contributed by atoms with van der Waals surface area (Å²) in [6, 6.07) is 4.90. The Hall–Kier alpha value is -1.55. The summed E-state index contributed by atoms with van der Waals surface area (Å²) in [6.45, 7) is 5.74. The van der Waals surface area contributed by atoms with E-state index in [1.807, 2.05) is 32.0 Å². The molecule has 0 aromatic heterocycles. The summed E-state index contributed by atoms with van der Waals surface area (Å²) < 4.78 is 0. The molecule has 0 aliphatic rings. The predicted octanol–water partition coefficient (Wildman–Crippen LogP) is 3.25. The molecule has 0 bridgehead atoms. The molecule has 0 aliphatic carbocycles. The van der Waals surface area contributed by atoms with Gasteiger partial charge in [0.15, 0.2) is 0 Å². The van der Waals surface area contributed by atoms with Gasteiger partial charge in [-0.3, -0.25) is 9.69 Å². The Labute approximate surface area is 130 Å². The number of para-hydroxylation sites is 1. The number of anilines is 1. The molecule has 116 valence electrons. The fourth-order valence-corrected chi connectivity index (χ4v) is 2.64. The van der Waals surface area contributed by atoms with Crippen molar-refractivity contribution >= 4 is 29.2 Å². The molecule has 1 amide bonds. The number of rotatable bonds is 7. The number of alkyl halides is 1. The zero-order valence-corrected chi connectivity index (χ0v) is 13.5. The van der Waals surface area contributed by atoms with Gasteiger partial charge in [-0.15, -0.1) is 11.6 Å². The summed E-state index contributed by atoms with van der Waals surface area (Å²) >= 11 is 5.71. The van der Waals surface area contributed by atoms with Crippen molar-refractivity contribution in [3.05, 3.63) is 29.3 Å². The van der Waals surface area contributed by atoms with Gasteiger partial charge in [0.05, 0.1) is 5.69 Å². The zero-order chi connectivity index (χ0) is 16.0. The molecule has 0 saturated carbocycles. The molecule has 1 aromatic carbocycles. The summed E-state index contributed by atoms with van der Waals surface area (Å²) in [5.41, 5.74) is 2.64. The summed E-state index contributed by atoms with van der Waals surface area (Å²) in [5.74, 6) is -1.62. The Morgan fingerprint density at radius 3 is 2.05 bits per heavy atom. The predicted molar refractivity (Wildman–Crippen MR) is 85.1 cm³/mol. The van der Waals surface area contributed by atoms with Gasteiger partial charge in [-0.25, -0.2) is 4.79 Å². The SMILES string of the molecule is CCc1cccc(CC)c1N(C(=O)CCl)C(CC)C(=O)O. The van der Waals surface area contributed by atoms with Gasteiger partial charge in [-0.1, -0.05) is 39.0 Å². The fraction of sp³-hybridized carbons (Fsp3) is 0.500. The van der Waals surface area contributed by atoms with Gasteiger partial charge in [0.1, 0.15) is 11.9 Å². The van der Waals surface area contributed by atoms with E-state index in [1.54, 1.807) is 6.92 Å². The highest BCUT2D eigenvalue weighted by atomic mass is 35.5. The Morgan fingerprint density at radius 1 is 1.19 bits per heavy atom. The lowest BCUT2D eigenvalue weighted by molar-refractivity contribution is -0.140. The van der Waals surface area contributed by atoms with Gasteiger partial charge < -0.3 is 5.11 Å². The van der Waals surface area contributed by atoms with Crippen molar-refractivity contribution in [3.8, 4) is 0 Å². The summed E-state index contributed by atoms with van der Waals surface area (Å²) in [7, 11) is 0. The number of carboxylic acids is 1. The first-order valence-corrected chi connectivity index (χ1v) is 7.76. The molecular weight excluding hydrogens is 290 g/mol. The van der Waals surface area contributed by atoms with E-state index in [1.165, 1.54) is 4.90 Å². The number of carbonyl (C=O) groups excluding carboxylic acids is 1. The number of amides is 1. The molecule has 4 nitrogen and oxygen atoms in total. The minimum atomic E-state index is -1.01. The first kappa shape index (κ1) is 17.5. The second-order valence-corrected chi connectivity index (χ2v) is 5.06. The van der Waals surface area contributed by atoms with E-state index in [4.69, 9.17) is 11.6 Å². The molecule has 0 aliphatic heterocycles. The van der Waals surface area contributed by atoms with Crippen molar-refractivity contribution in [1.82, 2.24) is 0 Å². The van der Waals surface area contributed by atoms with Gasteiger partial charge in [0.2, 0.25) is 5.91 Å². The van der Waals surface area contributed by atoms with E-state index in [0.717, 1.165) is 24.0 Å². The minimum absolute atomic E-state index is 0.231. The molecule has 21 heavy (non-hydrogen) atoms. The van der Waals surface area contributed by atoms with Gasteiger partial charge in [-0.2, -0.15) is 0 Å². The molecule has 0 spiro atoms. The molecule has 0 saturated heterocycles. The smallest absolute Gasteiger partial charge is 0.326 e. The van der Waals surface area contributed by atoms with E-state index in [-0.39, 0.29) is 11.8 Å². The molecule has 1 rings (SSSR count). The topological polar surface area (TPSA) is 57.6 Å². The number of halogens is 1. The lowest BCUT2D eigenvalue weighted by Crippen LogP contribution is -2.46.